The van der Waals surface area contributed by atoms with Crippen molar-refractivity contribution < 1.29 is 18.7 Å². The molecule has 2 aromatic carbocycles. The van der Waals surface area contributed by atoms with Crippen LogP contribution in [0, 0.1) is 5.82 Å². The van der Waals surface area contributed by atoms with E-state index >= 15 is 0 Å². The molecule has 1 heterocycles. The minimum Gasteiger partial charge on any atom is -0.495 e. The molecule has 0 atom stereocenters. The Morgan fingerprint density at radius 3 is 2.35 bits per heavy atom. The van der Waals surface area contributed by atoms with Crippen LogP contribution in [0.15, 0.2) is 47.1 Å². The van der Waals surface area contributed by atoms with E-state index in [-0.39, 0.29) is 21.4 Å². The highest BCUT2D eigenvalue weighted by Crippen LogP contribution is 2.33. The molecule has 0 aliphatic carbocycles. The van der Waals surface area contributed by atoms with Gasteiger partial charge in [-0.15, -0.1) is 0 Å². The molecule has 0 saturated heterocycles. The third-order valence-electron chi connectivity index (χ3n) is 3.61. The molecule has 1 aliphatic heterocycles. The maximum atomic E-state index is 13.3. The normalized spacial score (nSPS) is 14.3. The largest absolute Gasteiger partial charge is 0.495 e. The monoisotopic (exact) mass is 414 g/mol. The van der Waals surface area contributed by atoms with Crippen LogP contribution >= 0.6 is 34.8 Å². The molecule has 0 aromatic heterocycles. The lowest BCUT2D eigenvalue weighted by Crippen LogP contribution is -2.32. The van der Waals surface area contributed by atoms with E-state index in [0.29, 0.717) is 16.5 Å². The van der Waals surface area contributed by atoms with Gasteiger partial charge in [0.1, 0.15) is 22.3 Å². The molecule has 3 rings (SSSR count). The smallest absolute Gasteiger partial charge is 0.283 e. The number of amides is 2. The van der Waals surface area contributed by atoms with Gasteiger partial charge in [-0.1, -0.05) is 34.8 Å². The lowest BCUT2D eigenvalue weighted by atomic mass is 10.2. The van der Waals surface area contributed by atoms with Crippen LogP contribution in [-0.4, -0.2) is 18.9 Å². The summed E-state index contributed by atoms with van der Waals surface area (Å²) in [6.07, 6.45) is 0. The predicted molar refractivity (Wildman–Crippen MR) is 98.4 cm³/mol. The molecule has 9 heteroatoms. The van der Waals surface area contributed by atoms with Crippen LogP contribution in [0.2, 0.25) is 10.0 Å². The molecule has 0 radical (unpaired) electrons. The number of halogens is 4. The average Bonchev–Trinajstić information content (AvgIpc) is 2.81. The number of carbonyl (C=O) groups is 2. The second-order valence-corrected chi connectivity index (χ2v) is 6.40. The van der Waals surface area contributed by atoms with Crippen LogP contribution in [0.25, 0.3) is 0 Å². The van der Waals surface area contributed by atoms with Crippen molar-refractivity contribution in [2.24, 2.45) is 0 Å². The molecule has 1 aliphatic rings. The summed E-state index contributed by atoms with van der Waals surface area (Å²) in [5.41, 5.74) is 0.413. The number of benzene rings is 2. The summed E-state index contributed by atoms with van der Waals surface area (Å²) < 4.78 is 18.4. The number of hydrogen-bond donors (Lipinski definition) is 1. The van der Waals surface area contributed by atoms with Gasteiger partial charge < -0.3 is 10.1 Å². The molecule has 0 bridgehead atoms. The van der Waals surface area contributed by atoms with Crippen molar-refractivity contribution in [1.29, 1.82) is 0 Å². The number of rotatable bonds is 4. The van der Waals surface area contributed by atoms with Gasteiger partial charge >= 0.3 is 0 Å². The number of hydrogen-bond acceptors (Lipinski definition) is 4. The van der Waals surface area contributed by atoms with Crippen molar-refractivity contribution in [3.63, 3.8) is 0 Å². The van der Waals surface area contributed by atoms with Crippen LogP contribution < -0.4 is 15.0 Å². The van der Waals surface area contributed by atoms with Crippen LogP contribution in [0.4, 0.5) is 15.8 Å². The summed E-state index contributed by atoms with van der Waals surface area (Å²) >= 11 is 17.8. The first kappa shape index (κ1) is 18.5. The number of nitrogens with one attached hydrogen (secondary N) is 1. The molecular weight excluding hydrogens is 406 g/mol. The summed E-state index contributed by atoms with van der Waals surface area (Å²) in [6, 6.07) is 8.21. The fraction of sp³-hybridized carbons (Fsp3) is 0.0588. The maximum absolute atomic E-state index is 13.3. The van der Waals surface area contributed by atoms with Gasteiger partial charge in [0.15, 0.2) is 0 Å². The van der Waals surface area contributed by atoms with E-state index in [1.54, 1.807) is 12.1 Å². The number of anilines is 2. The minimum atomic E-state index is -0.749. The Bertz CT molecular complexity index is 962. The second kappa shape index (κ2) is 7.15. The minimum absolute atomic E-state index is 0.106. The standard InChI is InChI=1S/C17H10Cl3FN2O3/c1-26-13-5-2-8(6-11(13)19)22-15-14(20)16(24)23(17(15)25)9-3-4-12(21)10(18)7-9/h2-7,22H,1H3. The number of imide groups is 1. The molecule has 1 N–H and O–H groups in total. The SMILES string of the molecule is COc1ccc(NC2=C(Cl)C(=O)N(c3ccc(F)c(Cl)c3)C2=O)cc1Cl. The van der Waals surface area contributed by atoms with Crippen molar-refractivity contribution in [2.75, 3.05) is 17.3 Å². The fourth-order valence-corrected chi connectivity index (χ4v) is 3.00. The third-order valence-corrected chi connectivity index (χ3v) is 4.55. The van der Waals surface area contributed by atoms with Crippen molar-refractivity contribution in [3.05, 3.63) is 63.0 Å². The Balaban J connectivity index is 1.91. The molecule has 2 amide bonds. The summed E-state index contributed by atoms with van der Waals surface area (Å²) in [5.74, 6) is -1.66. The second-order valence-electron chi connectivity index (χ2n) is 5.21. The highest BCUT2D eigenvalue weighted by Gasteiger charge is 2.39. The van der Waals surface area contributed by atoms with Crippen molar-refractivity contribution in [2.45, 2.75) is 0 Å². The molecule has 5 nitrogen and oxygen atoms in total. The number of nitrogens with zero attached hydrogens (tertiary/aromatic N) is 1. The van der Waals surface area contributed by atoms with E-state index in [0.717, 1.165) is 11.0 Å². The topological polar surface area (TPSA) is 58.6 Å². The first-order valence-corrected chi connectivity index (χ1v) is 8.31. The van der Waals surface area contributed by atoms with E-state index in [9.17, 15) is 14.0 Å². The van der Waals surface area contributed by atoms with Crippen LogP contribution in [0.1, 0.15) is 0 Å². The molecule has 0 spiro atoms. The number of carbonyl (C=O) groups excluding carboxylic acids is 2. The van der Waals surface area contributed by atoms with Crippen LogP contribution in [0.3, 0.4) is 0 Å². The lowest BCUT2D eigenvalue weighted by molar-refractivity contribution is -0.120. The zero-order valence-corrected chi connectivity index (χ0v) is 15.4. The fourth-order valence-electron chi connectivity index (χ4n) is 2.36. The Hall–Kier alpha value is -2.28. The lowest BCUT2D eigenvalue weighted by Gasteiger charge is -2.15. The molecular formula is C17H10Cl3FN2O3. The van der Waals surface area contributed by atoms with Gasteiger partial charge in [0.2, 0.25) is 0 Å². The van der Waals surface area contributed by atoms with Crippen LogP contribution in [-0.2, 0) is 9.59 Å². The third kappa shape index (κ3) is 3.23. The molecule has 0 saturated carbocycles. The summed E-state index contributed by atoms with van der Waals surface area (Å²) in [4.78, 5) is 25.8. The first-order chi connectivity index (χ1) is 12.3. The van der Waals surface area contributed by atoms with E-state index < -0.39 is 17.6 Å². The molecule has 26 heavy (non-hydrogen) atoms. The zero-order valence-electron chi connectivity index (χ0n) is 13.1. The van der Waals surface area contributed by atoms with E-state index in [2.05, 4.69) is 5.32 Å². The average molecular weight is 416 g/mol. The van der Waals surface area contributed by atoms with E-state index in [4.69, 9.17) is 39.5 Å². The number of methoxy groups -OCH3 is 1. The highest BCUT2D eigenvalue weighted by molar-refractivity contribution is 6.53. The van der Waals surface area contributed by atoms with E-state index in [1.807, 2.05) is 0 Å². The van der Waals surface area contributed by atoms with Crippen molar-refractivity contribution in [3.8, 4) is 5.75 Å². The zero-order chi connectivity index (χ0) is 19.0. The van der Waals surface area contributed by atoms with Crippen molar-refractivity contribution in [1.82, 2.24) is 0 Å². The Kier molecular flexibility index (Phi) is 5.09. The Labute approximate surface area is 162 Å². The van der Waals surface area contributed by atoms with Gasteiger partial charge in [-0.05, 0) is 36.4 Å². The quantitative estimate of drug-likeness (QED) is 0.743. The Morgan fingerprint density at radius 1 is 1.00 bits per heavy atom. The van der Waals surface area contributed by atoms with Crippen molar-refractivity contribution >= 4 is 58.0 Å². The molecule has 0 unspecified atom stereocenters. The highest BCUT2D eigenvalue weighted by atomic mass is 35.5. The summed E-state index contributed by atoms with van der Waals surface area (Å²) in [5, 5.41) is 2.57. The molecule has 134 valence electrons. The number of ether oxygens (including phenoxy) is 1. The Morgan fingerprint density at radius 2 is 1.73 bits per heavy atom. The van der Waals surface area contributed by atoms with Crippen LogP contribution in [0.5, 0.6) is 5.75 Å². The molecule has 2 aromatic rings. The van der Waals surface area contributed by atoms with Gasteiger partial charge in [-0.3, -0.25) is 9.59 Å². The van der Waals surface area contributed by atoms with Gasteiger partial charge in [0, 0.05) is 5.69 Å². The first-order valence-electron chi connectivity index (χ1n) is 7.17. The van der Waals surface area contributed by atoms with Gasteiger partial charge in [-0.25, -0.2) is 9.29 Å². The van der Waals surface area contributed by atoms with Gasteiger partial charge in [-0.2, -0.15) is 0 Å². The summed E-state index contributed by atoms with van der Waals surface area (Å²) in [7, 11) is 1.47. The maximum Gasteiger partial charge on any atom is 0.283 e. The van der Waals surface area contributed by atoms with Gasteiger partial charge in [0.05, 0.1) is 22.8 Å². The summed E-state index contributed by atoms with van der Waals surface area (Å²) in [6.45, 7) is 0. The van der Waals surface area contributed by atoms with E-state index in [1.165, 1.54) is 25.3 Å². The van der Waals surface area contributed by atoms with Gasteiger partial charge in [0.25, 0.3) is 11.8 Å². The predicted octanol–water partition coefficient (Wildman–Crippen LogP) is 4.58. The molecule has 0 fully saturated rings.